The lowest BCUT2D eigenvalue weighted by atomic mass is 9.94. The number of aromatic amines is 1. The van der Waals surface area contributed by atoms with Crippen molar-refractivity contribution in [3.8, 4) is 11.5 Å². The largest absolute Gasteiger partial charge is 0.506 e. The molecule has 1 amide bonds. The standard InChI is InChI=1S/C22H23BN2O4/c1-2-3-4-5-12-29-16-9-7-15(8-10-16)24-21(27)19-20(26)17-13-14(23)6-11-18(17)25-22(19)28/h6-11,13H,2-5,12H2,1H3,(H,24,27)(H2,25,26,28). The molecule has 0 unspecified atom stereocenters. The summed E-state index contributed by atoms with van der Waals surface area (Å²) in [5.74, 6) is -0.400. The van der Waals surface area contributed by atoms with Crippen LogP contribution in [0.25, 0.3) is 10.9 Å². The molecule has 0 spiro atoms. The average Bonchev–Trinajstić information content (AvgIpc) is 2.70. The van der Waals surface area contributed by atoms with Gasteiger partial charge in [0.15, 0.2) is 0 Å². The van der Waals surface area contributed by atoms with E-state index in [0.717, 1.165) is 12.8 Å². The van der Waals surface area contributed by atoms with E-state index >= 15 is 0 Å². The van der Waals surface area contributed by atoms with E-state index in [-0.39, 0.29) is 5.56 Å². The highest BCUT2D eigenvalue weighted by molar-refractivity contribution is 6.33. The molecule has 0 aliphatic carbocycles. The van der Waals surface area contributed by atoms with Crippen LogP contribution in [0, 0.1) is 0 Å². The maximum Gasteiger partial charge on any atom is 0.265 e. The molecule has 1 heterocycles. The number of ether oxygens (including phenoxy) is 1. The molecule has 7 heteroatoms. The van der Waals surface area contributed by atoms with Gasteiger partial charge in [0, 0.05) is 11.1 Å². The van der Waals surface area contributed by atoms with Crippen molar-refractivity contribution in [3.63, 3.8) is 0 Å². The molecule has 0 fully saturated rings. The summed E-state index contributed by atoms with van der Waals surface area (Å²) >= 11 is 0. The highest BCUT2D eigenvalue weighted by Gasteiger charge is 2.19. The number of benzene rings is 2. The Labute approximate surface area is 170 Å². The number of aromatic hydroxyl groups is 1. The molecule has 3 aromatic rings. The number of carbonyl (C=O) groups excluding carboxylic acids is 1. The molecule has 29 heavy (non-hydrogen) atoms. The first-order valence-corrected chi connectivity index (χ1v) is 9.68. The number of H-pyrrole nitrogens is 1. The molecule has 3 N–H and O–H groups in total. The third kappa shape index (κ3) is 4.99. The lowest BCUT2D eigenvalue weighted by Gasteiger charge is -2.10. The summed E-state index contributed by atoms with van der Waals surface area (Å²) in [7, 11) is 5.74. The normalized spacial score (nSPS) is 10.8. The van der Waals surface area contributed by atoms with E-state index in [0.29, 0.717) is 34.4 Å². The number of rotatable bonds is 8. The van der Waals surface area contributed by atoms with Gasteiger partial charge in [-0.3, -0.25) is 9.59 Å². The van der Waals surface area contributed by atoms with Crippen LogP contribution in [-0.4, -0.2) is 30.5 Å². The van der Waals surface area contributed by atoms with Gasteiger partial charge in [-0.25, -0.2) is 0 Å². The molecule has 0 saturated carbocycles. The van der Waals surface area contributed by atoms with Crippen LogP contribution in [0.5, 0.6) is 11.5 Å². The van der Waals surface area contributed by atoms with Crippen LogP contribution < -0.4 is 21.1 Å². The van der Waals surface area contributed by atoms with Gasteiger partial charge in [-0.05, 0) is 36.8 Å². The third-order valence-electron chi connectivity index (χ3n) is 4.62. The number of nitrogens with one attached hydrogen (secondary N) is 2. The van der Waals surface area contributed by atoms with E-state index < -0.39 is 17.2 Å². The van der Waals surface area contributed by atoms with Crippen LogP contribution in [0.2, 0.25) is 0 Å². The predicted octanol–water partition coefficient (Wildman–Crippen LogP) is 3.24. The Kier molecular flexibility index (Phi) is 6.59. The predicted molar refractivity (Wildman–Crippen MR) is 116 cm³/mol. The fourth-order valence-corrected chi connectivity index (χ4v) is 3.05. The quantitative estimate of drug-likeness (QED) is 0.407. The first kappa shape index (κ1) is 20.5. The molecule has 0 bridgehead atoms. The van der Waals surface area contributed by atoms with Crippen LogP contribution in [0.1, 0.15) is 43.0 Å². The Morgan fingerprint density at radius 3 is 2.62 bits per heavy atom. The zero-order valence-electron chi connectivity index (χ0n) is 16.3. The topological polar surface area (TPSA) is 91.4 Å². The van der Waals surface area contributed by atoms with Crippen molar-refractivity contribution >= 4 is 35.8 Å². The number of pyridine rings is 1. The molecule has 6 nitrogen and oxygen atoms in total. The van der Waals surface area contributed by atoms with Crippen molar-refractivity contribution in [2.75, 3.05) is 11.9 Å². The first-order valence-electron chi connectivity index (χ1n) is 9.68. The van der Waals surface area contributed by atoms with E-state index in [1.165, 1.54) is 18.9 Å². The van der Waals surface area contributed by atoms with E-state index in [1.54, 1.807) is 36.4 Å². The molecule has 1 aromatic heterocycles. The Hall–Kier alpha value is -3.22. The molecule has 2 aromatic carbocycles. The second-order valence-electron chi connectivity index (χ2n) is 6.87. The lowest BCUT2D eigenvalue weighted by molar-refractivity contribution is 0.102. The zero-order chi connectivity index (χ0) is 20.8. The number of unbranched alkanes of at least 4 members (excludes halogenated alkanes) is 3. The number of hydrogen-bond acceptors (Lipinski definition) is 4. The van der Waals surface area contributed by atoms with Gasteiger partial charge in [-0.2, -0.15) is 0 Å². The highest BCUT2D eigenvalue weighted by Crippen LogP contribution is 2.25. The second kappa shape index (κ2) is 9.32. The fourth-order valence-electron chi connectivity index (χ4n) is 3.05. The van der Waals surface area contributed by atoms with Gasteiger partial charge in [0.2, 0.25) is 0 Å². The number of hydrogen-bond donors (Lipinski definition) is 3. The monoisotopic (exact) mass is 390 g/mol. The SMILES string of the molecule is [B]c1ccc2[nH]c(=O)c(C(=O)Nc3ccc(OCCCCCC)cc3)c(O)c2c1. The van der Waals surface area contributed by atoms with Gasteiger partial charge in [-0.15, -0.1) is 0 Å². The van der Waals surface area contributed by atoms with Gasteiger partial charge in [0.05, 0.1) is 12.1 Å². The Morgan fingerprint density at radius 1 is 1.14 bits per heavy atom. The summed E-state index contributed by atoms with van der Waals surface area (Å²) in [5, 5.41) is 13.4. The third-order valence-corrected chi connectivity index (χ3v) is 4.62. The van der Waals surface area contributed by atoms with Gasteiger partial charge >= 0.3 is 0 Å². The minimum atomic E-state index is -0.707. The smallest absolute Gasteiger partial charge is 0.265 e. The highest BCUT2D eigenvalue weighted by atomic mass is 16.5. The van der Waals surface area contributed by atoms with E-state index in [2.05, 4.69) is 17.2 Å². The van der Waals surface area contributed by atoms with Crippen LogP contribution in [0.4, 0.5) is 5.69 Å². The molecule has 0 saturated heterocycles. The number of fused-ring (bicyclic) bond motifs is 1. The van der Waals surface area contributed by atoms with Crippen LogP contribution in [0.15, 0.2) is 47.3 Å². The number of amides is 1. The zero-order valence-corrected chi connectivity index (χ0v) is 16.3. The van der Waals surface area contributed by atoms with Crippen molar-refractivity contribution < 1.29 is 14.6 Å². The molecule has 148 valence electrons. The van der Waals surface area contributed by atoms with Gasteiger partial charge < -0.3 is 20.1 Å². The van der Waals surface area contributed by atoms with Crippen molar-refractivity contribution in [2.24, 2.45) is 0 Å². The minimum Gasteiger partial charge on any atom is -0.506 e. The summed E-state index contributed by atoms with van der Waals surface area (Å²) in [5.41, 5.74) is 0.263. The Bertz CT molecular complexity index is 1060. The first-order chi connectivity index (χ1) is 14.0. The van der Waals surface area contributed by atoms with Gasteiger partial charge in [-0.1, -0.05) is 43.8 Å². The summed E-state index contributed by atoms with van der Waals surface area (Å²) in [4.78, 5) is 27.5. The molecule has 3 rings (SSSR count). The average molecular weight is 390 g/mol. The molecule has 0 aliphatic rings. The molecular formula is C22H23BN2O4. The maximum atomic E-state index is 12.6. The number of carbonyl (C=O) groups is 1. The second-order valence-corrected chi connectivity index (χ2v) is 6.87. The van der Waals surface area contributed by atoms with Gasteiger partial charge in [0.25, 0.3) is 11.5 Å². The summed E-state index contributed by atoms with van der Waals surface area (Å²) in [6.07, 6.45) is 4.51. The van der Waals surface area contributed by atoms with E-state index in [9.17, 15) is 14.7 Å². The summed E-state index contributed by atoms with van der Waals surface area (Å²) in [6.45, 7) is 2.81. The molecule has 0 atom stereocenters. The van der Waals surface area contributed by atoms with Crippen molar-refractivity contribution in [1.82, 2.24) is 4.98 Å². The van der Waals surface area contributed by atoms with E-state index in [1.807, 2.05) is 0 Å². The lowest BCUT2D eigenvalue weighted by Crippen LogP contribution is -2.23. The van der Waals surface area contributed by atoms with Crippen molar-refractivity contribution in [3.05, 3.63) is 58.4 Å². The summed E-state index contributed by atoms with van der Waals surface area (Å²) < 4.78 is 5.68. The van der Waals surface area contributed by atoms with E-state index in [4.69, 9.17) is 12.6 Å². The van der Waals surface area contributed by atoms with Crippen LogP contribution in [0.3, 0.4) is 0 Å². The van der Waals surface area contributed by atoms with Gasteiger partial charge in [0.1, 0.15) is 24.9 Å². The molecular weight excluding hydrogens is 367 g/mol. The Morgan fingerprint density at radius 2 is 1.90 bits per heavy atom. The summed E-state index contributed by atoms with van der Waals surface area (Å²) in [6, 6.07) is 11.6. The Balaban J connectivity index is 1.71. The van der Waals surface area contributed by atoms with Crippen molar-refractivity contribution in [1.29, 1.82) is 0 Å². The maximum absolute atomic E-state index is 12.6. The van der Waals surface area contributed by atoms with Crippen LogP contribution in [-0.2, 0) is 0 Å². The number of anilines is 1. The molecule has 0 aliphatic heterocycles. The van der Waals surface area contributed by atoms with Crippen LogP contribution >= 0.6 is 0 Å². The molecule has 2 radical (unpaired) electrons. The van der Waals surface area contributed by atoms with Crippen molar-refractivity contribution in [2.45, 2.75) is 32.6 Å². The number of aromatic nitrogens is 1. The fraction of sp³-hybridized carbons (Fsp3) is 0.273. The minimum absolute atomic E-state index is 0.307.